The lowest BCUT2D eigenvalue weighted by atomic mass is 10.1. The third kappa shape index (κ3) is 1.57. The molecule has 4 heteroatoms. The van der Waals surface area contributed by atoms with E-state index in [1.54, 1.807) is 5.01 Å². The van der Waals surface area contributed by atoms with Crippen molar-refractivity contribution in [3.05, 3.63) is 0 Å². The van der Waals surface area contributed by atoms with Crippen LogP contribution in [0.3, 0.4) is 0 Å². The Hall–Kier alpha value is -0.900. The number of hydrogen-bond acceptors (Lipinski definition) is 3. The summed E-state index contributed by atoms with van der Waals surface area (Å²) in [6, 6.07) is -0.0475. The number of hydrazone groups is 1. The lowest BCUT2D eigenvalue weighted by Gasteiger charge is -2.22. The maximum atomic E-state index is 11.7. The Kier molecular flexibility index (Phi) is 2.06. The van der Waals surface area contributed by atoms with Gasteiger partial charge in [0.25, 0.3) is 0 Å². The number of carbonyl (C=O) groups excluding carboxylic acids is 1. The average Bonchev–Trinajstić information content (AvgIpc) is 2.87. The number of aliphatic hydroxyl groups excluding tert-OH is 1. The number of nitrogens with zero attached hydrogens (tertiary/aromatic N) is 2. The third-order valence-electron chi connectivity index (χ3n) is 3.63. The Balaban J connectivity index is 1.77. The molecule has 2 fully saturated rings. The van der Waals surface area contributed by atoms with E-state index in [-0.39, 0.29) is 18.1 Å². The first-order chi connectivity index (χ1) is 7.25. The first kappa shape index (κ1) is 9.33. The van der Waals surface area contributed by atoms with E-state index in [0.29, 0.717) is 12.3 Å². The van der Waals surface area contributed by atoms with Crippen LogP contribution < -0.4 is 0 Å². The van der Waals surface area contributed by atoms with Gasteiger partial charge in [0.1, 0.15) is 0 Å². The monoisotopic (exact) mass is 208 g/mol. The van der Waals surface area contributed by atoms with Crippen LogP contribution in [0, 0.1) is 5.92 Å². The van der Waals surface area contributed by atoms with Crippen LogP contribution in [0.4, 0.5) is 0 Å². The Bertz CT molecular complexity index is 323. The minimum atomic E-state index is -0.365. The minimum Gasteiger partial charge on any atom is -0.391 e. The van der Waals surface area contributed by atoms with Crippen molar-refractivity contribution in [3.8, 4) is 0 Å². The zero-order valence-corrected chi connectivity index (χ0v) is 8.72. The molecule has 0 spiro atoms. The van der Waals surface area contributed by atoms with Crippen molar-refractivity contribution < 1.29 is 9.90 Å². The van der Waals surface area contributed by atoms with Gasteiger partial charge in [-0.1, -0.05) is 0 Å². The Morgan fingerprint density at radius 1 is 1.27 bits per heavy atom. The molecule has 2 aliphatic carbocycles. The Morgan fingerprint density at radius 3 is 2.67 bits per heavy atom. The first-order valence-corrected chi connectivity index (χ1v) is 5.83. The summed E-state index contributed by atoms with van der Waals surface area (Å²) in [6.07, 6.45) is 5.21. The zero-order chi connectivity index (χ0) is 10.4. The number of aliphatic hydroxyl groups is 1. The van der Waals surface area contributed by atoms with E-state index in [9.17, 15) is 9.90 Å². The highest BCUT2D eigenvalue weighted by Gasteiger charge is 2.40. The number of amides is 1. The van der Waals surface area contributed by atoms with Crippen LogP contribution >= 0.6 is 0 Å². The summed E-state index contributed by atoms with van der Waals surface area (Å²) in [5.74, 6) is 0.653. The predicted molar refractivity (Wildman–Crippen MR) is 55.3 cm³/mol. The van der Waals surface area contributed by atoms with E-state index in [1.807, 2.05) is 0 Å². The zero-order valence-electron chi connectivity index (χ0n) is 8.72. The molecule has 1 aliphatic heterocycles. The van der Waals surface area contributed by atoms with Crippen LogP contribution in [0.5, 0.6) is 0 Å². The van der Waals surface area contributed by atoms with E-state index >= 15 is 0 Å². The van der Waals surface area contributed by atoms with E-state index in [4.69, 9.17) is 0 Å². The van der Waals surface area contributed by atoms with Crippen molar-refractivity contribution in [2.45, 2.75) is 50.7 Å². The standard InChI is InChI=1S/C11H16N2O2/c14-10-3-1-2-9(10)13-11(15)6-8(12-13)7-4-5-7/h7,9-10,14H,1-6H2. The van der Waals surface area contributed by atoms with Crippen LogP contribution in [0.15, 0.2) is 5.10 Å². The van der Waals surface area contributed by atoms with Gasteiger partial charge in [0.05, 0.1) is 24.3 Å². The van der Waals surface area contributed by atoms with Crippen LogP contribution in [0.2, 0.25) is 0 Å². The maximum absolute atomic E-state index is 11.7. The van der Waals surface area contributed by atoms with Crippen molar-refractivity contribution >= 4 is 11.6 Å². The van der Waals surface area contributed by atoms with E-state index in [2.05, 4.69) is 5.10 Å². The normalized spacial score (nSPS) is 36.2. The van der Waals surface area contributed by atoms with Gasteiger partial charge in [0.15, 0.2) is 0 Å². The summed E-state index contributed by atoms with van der Waals surface area (Å²) in [6.45, 7) is 0. The van der Waals surface area contributed by atoms with Gasteiger partial charge in [-0.3, -0.25) is 4.79 Å². The van der Waals surface area contributed by atoms with E-state index in [1.165, 1.54) is 12.8 Å². The van der Waals surface area contributed by atoms with Crippen LogP contribution in [-0.4, -0.2) is 33.9 Å². The van der Waals surface area contributed by atoms with Gasteiger partial charge in [0.2, 0.25) is 5.91 Å². The topological polar surface area (TPSA) is 52.9 Å². The molecular formula is C11H16N2O2. The molecule has 1 amide bonds. The van der Waals surface area contributed by atoms with Gasteiger partial charge in [-0.05, 0) is 38.0 Å². The summed E-state index contributed by atoms with van der Waals surface area (Å²) in [4.78, 5) is 11.7. The van der Waals surface area contributed by atoms with Crippen molar-refractivity contribution in [3.63, 3.8) is 0 Å². The lowest BCUT2D eigenvalue weighted by molar-refractivity contribution is -0.132. The Labute approximate surface area is 89.0 Å². The molecule has 3 rings (SSSR count). The second-order valence-electron chi connectivity index (χ2n) is 4.85. The van der Waals surface area contributed by atoms with Crippen LogP contribution in [0.25, 0.3) is 0 Å². The lowest BCUT2D eigenvalue weighted by Crippen LogP contribution is -2.38. The molecule has 2 saturated carbocycles. The second kappa shape index (κ2) is 3.30. The Morgan fingerprint density at radius 2 is 2.07 bits per heavy atom. The van der Waals surface area contributed by atoms with Gasteiger partial charge >= 0.3 is 0 Å². The highest BCUT2D eigenvalue weighted by Crippen LogP contribution is 2.36. The van der Waals surface area contributed by atoms with Crippen molar-refractivity contribution in [2.75, 3.05) is 0 Å². The molecule has 3 aliphatic rings. The van der Waals surface area contributed by atoms with Crippen molar-refractivity contribution in [1.82, 2.24) is 5.01 Å². The predicted octanol–water partition coefficient (Wildman–Crippen LogP) is 0.898. The SMILES string of the molecule is O=C1CC(C2CC2)=NN1C1CCCC1O. The molecular weight excluding hydrogens is 192 g/mol. The van der Waals surface area contributed by atoms with Gasteiger partial charge in [-0.2, -0.15) is 5.10 Å². The molecule has 0 aromatic rings. The number of carbonyl (C=O) groups is 1. The van der Waals surface area contributed by atoms with Gasteiger partial charge in [0, 0.05) is 0 Å². The number of hydrogen-bond donors (Lipinski definition) is 1. The smallest absolute Gasteiger partial charge is 0.248 e. The average molecular weight is 208 g/mol. The first-order valence-electron chi connectivity index (χ1n) is 5.83. The molecule has 0 saturated heterocycles. The summed E-state index contributed by atoms with van der Waals surface area (Å²) in [5.41, 5.74) is 1.05. The van der Waals surface area contributed by atoms with E-state index in [0.717, 1.165) is 25.0 Å². The van der Waals surface area contributed by atoms with Crippen LogP contribution in [-0.2, 0) is 4.79 Å². The highest BCUT2D eigenvalue weighted by molar-refractivity contribution is 6.07. The summed E-state index contributed by atoms with van der Waals surface area (Å²) < 4.78 is 0. The second-order valence-corrected chi connectivity index (χ2v) is 4.85. The van der Waals surface area contributed by atoms with Gasteiger partial charge in [-0.15, -0.1) is 0 Å². The molecule has 1 heterocycles. The van der Waals surface area contributed by atoms with Crippen molar-refractivity contribution in [2.24, 2.45) is 11.0 Å². The molecule has 0 aromatic heterocycles. The van der Waals surface area contributed by atoms with Crippen LogP contribution in [0.1, 0.15) is 38.5 Å². The maximum Gasteiger partial charge on any atom is 0.248 e. The largest absolute Gasteiger partial charge is 0.391 e. The fourth-order valence-electron chi connectivity index (χ4n) is 2.57. The molecule has 2 unspecified atom stereocenters. The van der Waals surface area contributed by atoms with Crippen molar-refractivity contribution in [1.29, 1.82) is 0 Å². The van der Waals surface area contributed by atoms with Gasteiger partial charge < -0.3 is 5.11 Å². The summed E-state index contributed by atoms with van der Waals surface area (Å²) in [5, 5.41) is 15.7. The fraction of sp³-hybridized carbons (Fsp3) is 0.818. The van der Waals surface area contributed by atoms with E-state index < -0.39 is 0 Å². The third-order valence-corrected chi connectivity index (χ3v) is 3.63. The summed E-state index contributed by atoms with van der Waals surface area (Å²) >= 11 is 0. The molecule has 2 atom stereocenters. The fourth-order valence-corrected chi connectivity index (χ4v) is 2.57. The molecule has 82 valence electrons. The summed E-state index contributed by atoms with van der Waals surface area (Å²) in [7, 11) is 0. The highest BCUT2D eigenvalue weighted by atomic mass is 16.3. The van der Waals surface area contributed by atoms with Gasteiger partial charge in [-0.25, -0.2) is 5.01 Å². The number of rotatable bonds is 2. The molecule has 0 bridgehead atoms. The molecule has 15 heavy (non-hydrogen) atoms. The minimum absolute atomic E-state index is 0.0475. The molecule has 0 radical (unpaired) electrons. The molecule has 4 nitrogen and oxygen atoms in total. The quantitative estimate of drug-likeness (QED) is 0.733. The molecule has 0 aromatic carbocycles. The molecule has 1 N–H and O–H groups in total.